The normalized spacial score (nSPS) is 17.8. The average molecular weight is 288 g/mol. The largest absolute Gasteiger partial charge is 0.411 e. The molecule has 0 amide bonds. The van der Waals surface area contributed by atoms with Gasteiger partial charge in [-0.25, -0.2) is 0 Å². The van der Waals surface area contributed by atoms with Gasteiger partial charge in [0.05, 0.1) is 6.10 Å². The summed E-state index contributed by atoms with van der Waals surface area (Å²) in [4.78, 5) is 0. The summed E-state index contributed by atoms with van der Waals surface area (Å²) in [6.07, 6.45) is -1.46. The zero-order chi connectivity index (χ0) is 14.6. The molecule has 0 aliphatic heterocycles. The first-order valence-electron chi connectivity index (χ1n) is 6.89. The first kappa shape index (κ1) is 15.3. The maximum Gasteiger partial charge on any atom is 0.411 e. The molecule has 0 radical (unpaired) electrons. The van der Waals surface area contributed by atoms with Gasteiger partial charge < -0.3 is 9.84 Å². The molecule has 0 saturated heterocycles. The fourth-order valence-corrected chi connectivity index (χ4v) is 2.44. The number of aliphatic hydroxyl groups excluding tert-OH is 1. The predicted octanol–water partition coefficient (Wildman–Crippen LogP) is 3.96. The van der Waals surface area contributed by atoms with Crippen LogP contribution in [-0.4, -0.2) is 24.5 Å². The highest BCUT2D eigenvalue weighted by Crippen LogP contribution is 2.39. The molecule has 1 N–H and O–H groups in total. The minimum Gasteiger partial charge on any atom is -0.388 e. The van der Waals surface area contributed by atoms with E-state index in [0.717, 1.165) is 24.0 Å². The second-order valence-corrected chi connectivity index (χ2v) is 5.23. The van der Waals surface area contributed by atoms with Crippen molar-refractivity contribution in [2.45, 2.75) is 43.9 Å². The minimum atomic E-state index is -4.31. The van der Waals surface area contributed by atoms with Crippen molar-refractivity contribution in [2.75, 3.05) is 13.2 Å². The maximum atomic E-state index is 11.9. The summed E-state index contributed by atoms with van der Waals surface area (Å²) in [5, 5.41) is 10.1. The van der Waals surface area contributed by atoms with Crippen molar-refractivity contribution < 1.29 is 23.0 Å². The van der Waals surface area contributed by atoms with E-state index in [1.165, 1.54) is 6.42 Å². The molecule has 0 heterocycles. The molecule has 1 unspecified atom stereocenters. The van der Waals surface area contributed by atoms with Crippen LogP contribution in [0.25, 0.3) is 0 Å². The highest BCUT2D eigenvalue weighted by Gasteiger charge is 2.28. The van der Waals surface area contributed by atoms with Crippen molar-refractivity contribution in [2.24, 2.45) is 0 Å². The van der Waals surface area contributed by atoms with Crippen LogP contribution in [0.4, 0.5) is 13.2 Å². The molecule has 112 valence electrons. The number of benzene rings is 1. The molecule has 1 aliphatic carbocycles. The Bertz CT molecular complexity index is 427. The summed E-state index contributed by atoms with van der Waals surface area (Å²) < 4.78 is 40.4. The van der Waals surface area contributed by atoms with E-state index >= 15 is 0 Å². The highest BCUT2D eigenvalue weighted by atomic mass is 19.4. The number of halogens is 3. The van der Waals surface area contributed by atoms with Gasteiger partial charge in [0.25, 0.3) is 0 Å². The van der Waals surface area contributed by atoms with Crippen LogP contribution in [0.5, 0.6) is 0 Å². The molecule has 1 aromatic rings. The van der Waals surface area contributed by atoms with Crippen LogP contribution in [-0.2, 0) is 4.74 Å². The predicted molar refractivity (Wildman–Crippen MR) is 69.5 cm³/mol. The van der Waals surface area contributed by atoms with Gasteiger partial charge in [0.2, 0.25) is 0 Å². The zero-order valence-corrected chi connectivity index (χ0v) is 11.2. The van der Waals surface area contributed by atoms with E-state index in [1.807, 2.05) is 24.3 Å². The van der Waals surface area contributed by atoms with Crippen molar-refractivity contribution >= 4 is 0 Å². The summed E-state index contributed by atoms with van der Waals surface area (Å²) in [5.74, 6) is 0.483. The Morgan fingerprint density at radius 3 is 2.55 bits per heavy atom. The van der Waals surface area contributed by atoms with E-state index in [1.54, 1.807) is 0 Å². The fourth-order valence-electron chi connectivity index (χ4n) is 2.44. The van der Waals surface area contributed by atoms with Gasteiger partial charge in [-0.15, -0.1) is 0 Å². The van der Waals surface area contributed by atoms with E-state index in [2.05, 4.69) is 4.74 Å². The molecule has 1 saturated carbocycles. The van der Waals surface area contributed by atoms with Gasteiger partial charge in [-0.1, -0.05) is 30.7 Å². The van der Waals surface area contributed by atoms with Crippen LogP contribution in [0.1, 0.15) is 48.8 Å². The molecule has 20 heavy (non-hydrogen) atoms. The minimum absolute atomic E-state index is 0.0975. The lowest BCUT2D eigenvalue weighted by Crippen LogP contribution is -2.18. The van der Waals surface area contributed by atoms with Gasteiger partial charge in [0.1, 0.15) is 6.61 Å². The van der Waals surface area contributed by atoms with Crippen molar-refractivity contribution in [3.05, 3.63) is 35.4 Å². The molecule has 1 aromatic carbocycles. The van der Waals surface area contributed by atoms with Crippen LogP contribution < -0.4 is 0 Å². The Kier molecular flexibility index (Phi) is 5.05. The molecule has 1 aliphatic rings. The number of rotatable bonds is 6. The Morgan fingerprint density at radius 1 is 1.25 bits per heavy atom. The lowest BCUT2D eigenvalue weighted by molar-refractivity contribution is -0.175. The van der Waals surface area contributed by atoms with Crippen LogP contribution in [0.3, 0.4) is 0 Å². The molecular weight excluding hydrogens is 269 g/mol. The summed E-state index contributed by atoms with van der Waals surface area (Å²) in [6, 6.07) is 7.63. The van der Waals surface area contributed by atoms with E-state index < -0.39 is 18.9 Å². The first-order chi connectivity index (χ1) is 9.47. The van der Waals surface area contributed by atoms with E-state index in [9.17, 15) is 18.3 Å². The van der Waals surface area contributed by atoms with Gasteiger partial charge in [0.15, 0.2) is 0 Å². The van der Waals surface area contributed by atoms with Crippen LogP contribution in [0.2, 0.25) is 0 Å². The monoisotopic (exact) mass is 288 g/mol. The lowest BCUT2D eigenvalue weighted by Gasteiger charge is -2.29. The lowest BCUT2D eigenvalue weighted by atomic mass is 9.77. The molecule has 0 spiro atoms. The second kappa shape index (κ2) is 6.59. The fraction of sp³-hybridized carbons (Fsp3) is 0.600. The molecule has 2 rings (SSSR count). The quantitative estimate of drug-likeness (QED) is 0.803. The van der Waals surface area contributed by atoms with Gasteiger partial charge >= 0.3 is 6.18 Å². The number of ether oxygens (including phenoxy) is 1. The van der Waals surface area contributed by atoms with Gasteiger partial charge in [-0.05, 0) is 29.9 Å². The average Bonchev–Trinajstić information content (AvgIpc) is 2.32. The van der Waals surface area contributed by atoms with Gasteiger partial charge in [-0.3, -0.25) is 0 Å². The Morgan fingerprint density at radius 2 is 1.95 bits per heavy atom. The Hall–Kier alpha value is -1.07. The molecule has 1 atom stereocenters. The third-order valence-corrected chi connectivity index (χ3v) is 3.70. The first-order valence-corrected chi connectivity index (χ1v) is 6.89. The summed E-state index contributed by atoms with van der Waals surface area (Å²) in [5.41, 5.74) is 1.95. The van der Waals surface area contributed by atoms with Crippen LogP contribution in [0, 0.1) is 0 Å². The van der Waals surface area contributed by atoms with Crippen LogP contribution in [0.15, 0.2) is 24.3 Å². The third-order valence-electron chi connectivity index (χ3n) is 3.70. The van der Waals surface area contributed by atoms with Crippen molar-refractivity contribution in [3.8, 4) is 0 Å². The van der Waals surface area contributed by atoms with Crippen LogP contribution >= 0.6 is 0 Å². The number of hydrogen-bond acceptors (Lipinski definition) is 2. The maximum absolute atomic E-state index is 11.9. The standard InChI is InChI=1S/C15H19F3O2/c16-15(17,18)10-20-9-8-14(19)13-7-2-1-6-12(13)11-4-3-5-11/h1-2,6-7,11,14,19H,3-5,8-10H2. The smallest absolute Gasteiger partial charge is 0.388 e. The number of alkyl halides is 3. The van der Waals surface area contributed by atoms with Crippen molar-refractivity contribution in [1.82, 2.24) is 0 Å². The molecule has 2 nitrogen and oxygen atoms in total. The van der Waals surface area contributed by atoms with Crippen molar-refractivity contribution in [1.29, 1.82) is 0 Å². The molecule has 5 heteroatoms. The van der Waals surface area contributed by atoms with Gasteiger partial charge in [-0.2, -0.15) is 13.2 Å². The number of hydrogen-bond donors (Lipinski definition) is 1. The molecule has 1 fully saturated rings. The second-order valence-electron chi connectivity index (χ2n) is 5.23. The molecule has 0 bridgehead atoms. The van der Waals surface area contributed by atoms with Crippen molar-refractivity contribution in [3.63, 3.8) is 0 Å². The zero-order valence-electron chi connectivity index (χ0n) is 11.2. The van der Waals surface area contributed by atoms with E-state index in [-0.39, 0.29) is 13.0 Å². The molecule has 0 aromatic heterocycles. The topological polar surface area (TPSA) is 29.5 Å². The summed E-state index contributed by atoms with van der Waals surface area (Å²) in [7, 11) is 0. The summed E-state index contributed by atoms with van der Waals surface area (Å²) in [6.45, 7) is -1.36. The number of aliphatic hydroxyl groups is 1. The Labute approximate surface area is 116 Å². The summed E-state index contributed by atoms with van der Waals surface area (Å²) >= 11 is 0. The Balaban J connectivity index is 1.87. The third kappa shape index (κ3) is 4.21. The van der Waals surface area contributed by atoms with Gasteiger partial charge in [0, 0.05) is 13.0 Å². The SMILES string of the molecule is OC(CCOCC(F)(F)F)c1ccccc1C1CCC1. The van der Waals surface area contributed by atoms with E-state index in [4.69, 9.17) is 0 Å². The van der Waals surface area contributed by atoms with E-state index in [0.29, 0.717) is 5.92 Å². The highest BCUT2D eigenvalue weighted by molar-refractivity contribution is 5.33. The molecular formula is C15H19F3O2.